The van der Waals surface area contributed by atoms with Gasteiger partial charge in [0.1, 0.15) is 0 Å². The SMILES string of the molecule is Clc1ccc(C2CSc3ccccc3CO2)cc1. The second kappa shape index (κ2) is 5.35. The maximum absolute atomic E-state index is 5.99. The van der Waals surface area contributed by atoms with Gasteiger partial charge in [-0.15, -0.1) is 11.8 Å². The lowest BCUT2D eigenvalue weighted by molar-refractivity contribution is 0.0566. The van der Waals surface area contributed by atoms with Gasteiger partial charge in [0.2, 0.25) is 0 Å². The first kappa shape index (κ1) is 12.1. The predicted octanol–water partition coefficient (Wildman–Crippen LogP) is 4.70. The Morgan fingerprint density at radius 2 is 1.83 bits per heavy atom. The van der Waals surface area contributed by atoms with Gasteiger partial charge in [0.25, 0.3) is 0 Å². The lowest BCUT2D eigenvalue weighted by Crippen LogP contribution is -2.04. The highest BCUT2D eigenvalue weighted by Gasteiger charge is 2.18. The molecule has 3 rings (SSSR count). The summed E-state index contributed by atoms with van der Waals surface area (Å²) >= 11 is 7.77. The summed E-state index contributed by atoms with van der Waals surface area (Å²) in [6, 6.07) is 16.4. The molecule has 0 amide bonds. The van der Waals surface area contributed by atoms with Crippen molar-refractivity contribution in [2.75, 3.05) is 5.75 Å². The Morgan fingerprint density at radius 3 is 2.67 bits per heavy atom. The van der Waals surface area contributed by atoms with Crippen LogP contribution in [0.1, 0.15) is 17.2 Å². The number of halogens is 1. The molecule has 0 aliphatic carbocycles. The van der Waals surface area contributed by atoms with Crippen molar-refractivity contribution in [2.45, 2.75) is 17.6 Å². The molecule has 1 heterocycles. The van der Waals surface area contributed by atoms with Crippen molar-refractivity contribution in [3.05, 3.63) is 64.7 Å². The average Bonchev–Trinajstić information content (AvgIpc) is 2.62. The largest absolute Gasteiger partial charge is 0.368 e. The number of fused-ring (bicyclic) bond motifs is 1. The minimum atomic E-state index is 0.139. The summed E-state index contributed by atoms with van der Waals surface area (Å²) in [6.45, 7) is 0.677. The van der Waals surface area contributed by atoms with E-state index in [0.29, 0.717) is 6.61 Å². The average molecular weight is 277 g/mol. The Bertz CT molecular complexity index is 511. The van der Waals surface area contributed by atoms with Crippen molar-refractivity contribution in [1.29, 1.82) is 0 Å². The summed E-state index contributed by atoms with van der Waals surface area (Å²) in [5.74, 6) is 0.943. The van der Waals surface area contributed by atoms with E-state index in [1.807, 2.05) is 36.0 Å². The third-order valence-corrected chi connectivity index (χ3v) is 4.48. The third-order valence-electron chi connectivity index (χ3n) is 3.04. The van der Waals surface area contributed by atoms with Gasteiger partial charge in [-0.25, -0.2) is 0 Å². The monoisotopic (exact) mass is 276 g/mol. The zero-order chi connectivity index (χ0) is 12.4. The van der Waals surface area contributed by atoms with Crippen molar-refractivity contribution in [1.82, 2.24) is 0 Å². The summed E-state index contributed by atoms with van der Waals surface area (Å²) in [5, 5.41) is 0.767. The molecule has 0 spiro atoms. The van der Waals surface area contributed by atoms with Gasteiger partial charge in [-0.2, -0.15) is 0 Å². The van der Waals surface area contributed by atoms with Crippen LogP contribution in [0.25, 0.3) is 0 Å². The summed E-state index contributed by atoms with van der Waals surface area (Å²) < 4.78 is 5.99. The fourth-order valence-electron chi connectivity index (χ4n) is 2.04. The minimum absolute atomic E-state index is 0.139. The van der Waals surface area contributed by atoms with Gasteiger partial charge in [0.15, 0.2) is 0 Å². The van der Waals surface area contributed by atoms with Crippen LogP contribution in [0.2, 0.25) is 5.02 Å². The van der Waals surface area contributed by atoms with E-state index in [2.05, 4.69) is 24.3 Å². The summed E-state index contributed by atoms with van der Waals surface area (Å²) in [6.07, 6.45) is 0.139. The highest BCUT2D eigenvalue weighted by Crippen LogP contribution is 2.34. The highest BCUT2D eigenvalue weighted by atomic mass is 35.5. The molecule has 1 aliphatic rings. The molecular weight excluding hydrogens is 264 g/mol. The van der Waals surface area contributed by atoms with E-state index >= 15 is 0 Å². The molecule has 0 bridgehead atoms. The molecule has 0 saturated carbocycles. The van der Waals surface area contributed by atoms with Crippen LogP contribution in [0.5, 0.6) is 0 Å². The van der Waals surface area contributed by atoms with Crippen LogP contribution in [0.4, 0.5) is 0 Å². The molecule has 92 valence electrons. The fourth-order valence-corrected chi connectivity index (χ4v) is 3.27. The molecule has 0 saturated heterocycles. The molecule has 18 heavy (non-hydrogen) atoms. The molecule has 0 aromatic heterocycles. The second-order valence-corrected chi connectivity index (χ2v) is 5.77. The maximum atomic E-state index is 5.99. The Labute approximate surface area is 116 Å². The molecule has 1 unspecified atom stereocenters. The standard InChI is InChI=1S/C15H13ClOS/c16-13-7-5-11(6-8-13)14-10-18-15-4-2-1-3-12(15)9-17-14/h1-8,14H,9-10H2. The van der Waals surface area contributed by atoms with Crippen LogP contribution in [-0.2, 0) is 11.3 Å². The molecule has 1 nitrogen and oxygen atoms in total. The lowest BCUT2D eigenvalue weighted by Gasteiger charge is -2.14. The van der Waals surface area contributed by atoms with Crippen molar-refractivity contribution in [3.63, 3.8) is 0 Å². The Hall–Kier alpha value is -0.960. The number of rotatable bonds is 1. The van der Waals surface area contributed by atoms with Gasteiger partial charge in [-0.1, -0.05) is 41.9 Å². The van der Waals surface area contributed by atoms with E-state index in [9.17, 15) is 0 Å². The smallest absolute Gasteiger partial charge is 0.0923 e. The molecule has 0 N–H and O–H groups in total. The molecular formula is C15H13ClOS. The first-order chi connectivity index (χ1) is 8.83. The van der Waals surface area contributed by atoms with E-state index in [4.69, 9.17) is 16.3 Å². The summed E-state index contributed by atoms with van der Waals surface area (Å²) in [5.41, 5.74) is 2.47. The van der Waals surface area contributed by atoms with Gasteiger partial charge in [-0.05, 0) is 29.3 Å². The number of thioether (sulfide) groups is 1. The molecule has 1 aliphatic heterocycles. The normalized spacial score (nSPS) is 19.1. The zero-order valence-corrected chi connectivity index (χ0v) is 11.4. The first-order valence-corrected chi connectivity index (χ1v) is 7.27. The topological polar surface area (TPSA) is 9.23 Å². The lowest BCUT2D eigenvalue weighted by atomic mass is 10.1. The van der Waals surface area contributed by atoms with E-state index in [1.165, 1.54) is 16.0 Å². The van der Waals surface area contributed by atoms with E-state index in [0.717, 1.165) is 10.8 Å². The van der Waals surface area contributed by atoms with Gasteiger partial charge < -0.3 is 4.74 Å². The Kier molecular flexibility index (Phi) is 3.59. The molecule has 3 heteroatoms. The van der Waals surface area contributed by atoms with Crippen LogP contribution in [-0.4, -0.2) is 5.75 Å². The Morgan fingerprint density at radius 1 is 1.06 bits per heavy atom. The molecule has 0 radical (unpaired) electrons. The van der Waals surface area contributed by atoms with Crippen molar-refractivity contribution in [3.8, 4) is 0 Å². The summed E-state index contributed by atoms with van der Waals surface area (Å²) in [4.78, 5) is 1.33. The van der Waals surface area contributed by atoms with E-state index in [1.54, 1.807) is 0 Å². The van der Waals surface area contributed by atoms with E-state index in [-0.39, 0.29) is 6.10 Å². The van der Waals surface area contributed by atoms with Crippen LogP contribution < -0.4 is 0 Å². The van der Waals surface area contributed by atoms with Gasteiger partial charge in [-0.3, -0.25) is 0 Å². The van der Waals surface area contributed by atoms with Crippen molar-refractivity contribution >= 4 is 23.4 Å². The van der Waals surface area contributed by atoms with Crippen LogP contribution in [0.15, 0.2) is 53.4 Å². The van der Waals surface area contributed by atoms with Crippen LogP contribution in [0, 0.1) is 0 Å². The molecule has 2 aromatic rings. The predicted molar refractivity (Wildman–Crippen MR) is 76.1 cm³/mol. The highest BCUT2D eigenvalue weighted by molar-refractivity contribution is 7.99. The third kappa shape index (κ3) is 2.56. The Balaban J connectivity index is 1.80. The van der Waals surface area contributed by atoms with Crippen molar-refractivity contribution < 1.29 is 4.74 Å². The van der Waals surface area contributed by atoms with Gasteiger partial charge in [0.05, 0.1) is 12.7 Å². The molecule has 0 fully saturated rings. The van der Waals surface area contributed by atoms with Gasteiger partial charge in [0, 0.05) is 15.7 Å². The number of ether oxygens (including phenoxy) is 1. The minimum Gasteiger partial charge on any atom is -0.368 e. The number of hydrogen-bond donors (Lipinski definition) is 0. The second-order valence-electron chi connectivity index (χ2n) is 4.27. The number of benzene rings is 2. The zero-order valence-electron chi connectivity index (χ0n) is 9.80. The van der Waals surface area contributed by atoms with E-state index < -0.39 is 0 Å². The van der Waals surface area contributed by atoms with Crippen LogP contribution >= 0.6 is 23.4 Å². The van der Waals surface area contributed by atoms with Crippen LogP contribution in [0.3, 0.4) is 0 Å². The quantitative estimate of drug-likeness (QED) is 0.746. The molecule has 1 atom stereocenters. The summed E-state index contributed by atoms with van der Waals surface area (Å²) in [7, 11) is 0. The fraction of sp³-hybridized carbons (Fsp3) is 0.200. The van der Waals surface area contributed by atoms with Crippen molar-refractivity contribution in [2.24, 2.45) is 0 Å². The first-order valence-electron chi connectivity index (χ1n) is 5.91. The maximum Gasteiger partial charge on any atom is 0.0923 e. The molecule has 2 aromatic carbocycles. The number of hydrogen-bond acceptors (Lipinski definition) is 2. The van der Waals surface area contributed by atoms with Gasteiger partial charge >= 0.3 is 0 Å².